The topological polar surface area (TPSA) is 30.2 Å². The Balaban J connectivity index is 2.29. The molecule has 0 aliphatic heterocycles. The highest BCUT2D eigenvalue weighted by Crippen LogP contribution is 2.46. The fraction of sp³-hybridized carbons (Fsp3) is 0.400. The number of hydrogen-bond donors (Lipinski definition) is 0. The minimum atomic E-state index is -0.247. The van der Waals surface area contributed by atoms with E-state index in [1.807, 2.05) is 0 Å². The molecule has 72 valence electrons. The van der Waals surface area contributed by atoms with Gasteiger partial charge in [-0.3, -0.25) is 4.40 Å². The van der Waals surface area contributed by atoms with Gasteiger partial charge in [-0.05, 0) is 25.0 Å². The fourth-order valence-corrected chi connectivity index (χ4v) is 1.69. The molecule has 0 bridgehead atoms. The Bertz CT molecular complexity index is 499. The molecule has 0 unspecified atom stereocenters. The number of pyridine rings is 1. The van der Waals surface area contributed by atoms with Gasteiger partial charge in [0.25, 0.3) is 0 Å². The summed E-state index contributed by atoms with van der Waals surface area (Å²) in [7, 11) is 0. The maximum absolute atomic E-state index is 13.0. The average molecular weight is 191 g/mol. The summed E-state index contributed by atoms with van der Waals surface area (Å²) in [6, 6.07) is 3.06. The lowest BCUT2D eigenvalue weighted by atomic mass is 10.1. The van der Waals surface area contributed by atoms with Gasteiger partial charge in [0, 0.05) is 11.6 Å². The maximum atomic E-state index is 13.0. The van der Waals surface area contributed by atoms with Crippen LogP contribution in [0.5, 0.6) is 0 Å². The molecule has 0 amide bonds. The third-order valence-electron chi connectivity index (χ3n) is 2.91. The lowest BCUT2D eigenvalue weighted by Gasteiger charge is -2.04. The predicted molar refractivity (Wildman–Crippen MR) is 49.5 cm³/mol. The highest BCUT2D eigenvalue weighted by atomic mass is 19.1. The molecule has 14 heavy (non-hydrogen) atoms. The molecule has 0 spiro atoms. The van der Waals surface area contributed by atoms with E-state index in [2.05, 4.69) is 17.1 Å². The summed E-state index contributed by atoms with van der Waals surface area (Å²) >= 11 is 0. The van der Waals surface area contributed by atoms with Gasteiger partial charge in [0.1, 0.15) is 11.6 Å². The van der Waals surface area contributed by atoms with Crippen LogP contribution in [0.15, 0.2) is 18.3 Å². The third-order valence-corrected chi connectivity index (χ3v) is 2.91. The largest absolute Gasteiger partial charge is 0.283 e. The third kappa shape index (κ3) is 0.967. The van der Waals surface area contributed by atoms with E-state index in [4.69, 9.17) is 0 Å². The zero-order valence-corrected chi connectivity index (χ0v) is 7.87. The minimum absolute atomic E-state index is 0.118. The quantitative estimate of drug-likeness (QED) is 0.689. The first kappa shape index (κ1) is 7.91. The highest BCUT2D eigenvalue weighted by Gasteiger charge is 2.43. The first-order valence-corrected chi connectivity index (χ1v) is 4.70. The second-order valence-electron chi connectivity index (χ2n) is 4.16. The lowest BCUT2D eigenvalue weighted by molar-refractivity contribution is 0.612. The van der Waals surface area contributed by atoms with E-state index in [-0.39, 0.29) is 11.2 Å². The number of fused-ring (bicyclic) bond motifs is 1. The van der Waals surface area contributed by atoms with Crippen molar-refractivity contribution in [1.82, 2.24) is 14.6 Å². The lowest BCUT2D eigenvalue weighted by Crippen LogP contribution is -2.06. The first-order valence-electron chi connectivity index (χ1n) is 4.70. The molecule has 0 N–H and O–H groups in total. The number of nitrogens with zero attached hydrogens (tertiary/aromatic N) is 3. The zero-order chi connectivity index (χ0) is 9.76. The highest BCUT2D eigenvalue weighted by molar-refractivity contribution is 5.39. The van der Waals surface area contributed by atoms with E-state index >= 15 is 0 Å². The van der Waals surface area contributed by atoms with Crippen molar-refractivity contribution in [3.63, 3.8) is 0 Å². The van der Waals surface area contributed by atoms with Crippen molar-refractivity contribution in [3.8, 4) is 0 Å². The number of aromatic nitrogens is 3. The van der Waals surface area contributed by atoms with Crippen molar-refractivity contribution in [1.29, 1.82) is 0 Å². The zero-order valence-electron chi connectivity index (χ0n) is 7.87. The maximum Gasteiger partial charge on any atom is 0.160 e. The van der Waals surface area contributed by atoms with Crippen LogP contribution >= 0.6 is 0 Å². The molecule has 0 radical (unpaired) electrons. The molecule has 2 heterocycles. The van der Waals surface area contributed by atoms with Gasteiger partial charge in [-0.15, -0.1) is 10.2 Å². The molecule has 3 rings (SSSR count). The van der Waals surface area contributed by atoms with Crippen LogP contribution in [-0.4, -0.2) is 14.6 Å². The molecule has 2 aromatic rings. The van der Waals surface area contributed by atoms with Crippen LogP contribution in [0.25, 0.3) is 5.65 Å². The Hall–Kier alpha value is -1.45. The van der Waals surface area contributed by atoms with Crippen molar-refractivity contribution >= 4 is 5.65 Å². The summed E-state index contributed by atoms with van der Waals surface area (Å²) in [4.78, 5) is 0. The van der Waals surface area contributed by atoms with E-state index in [0.29, 0.717) is 0 Å². The summed E-state index contributed by atoms with van der Waals surface area (Å²) in [6.45, 7) is 2.13. The molecule has 2 aromatic heterocycles. The molecule has 1 aliphatic rings. The molecular weight excluding hydrogens is 181 g/mol. The summed E-state index contributed by atoms with van der Waals surface area (Å²) in [6.07, 6.45) is 3.68. The minimum Gasteiger partial charge on any atom is -0.283 e. The van der Waals surface area contributed by atoms with Crippen LogP contribution in [-0.2, 0) is 5.41 Å². The molecule has 1 saturated carbocycles. The Morgan fingerprint density at radius 3 is 2.86 bits per heavy atom. The van der Waals surface area contributed by atoms with Gasteiger partial charge in [-0.25, -0.2) is 4.39 Å². The second kappa shape index (κ2) is 2.32. The van der Waals surface area contributed by atoms with Gasteiger partial charge in [-0.2, -0.15) is 0 Å². The van der Waals surface area contributed by atoms with Gasteiger partial charge >= 0.3 is 0 Å². The van der Waals surface area contributed by atoms with Crippen LogP contribution in [0.4, 0.5) is 4.39 Å². The van der Waals surface area contributed by atoms with E-state index in [1.54, 1.807) is 10.5 Å². The molecule has 0 saturated heterocycles. The van der Waals surface area contributed by atoms with E-state index < -0.39 is 0 Å². The average Bonchev–Trinajstić information content (AvgIpc) is 2.77. The van der Waals surface area contributed by atoms with Crippen molar-refractivity contribution < 1.29 is 4.39 Å². The van der Waals surface area contributed by atoms with Crippen molar-refractivity contribution in [2.24, 2.45) is 0 Å². The van der Waals surface area contributed by atoms with E-state index in [0.717, 1.165) is 24.3 Å². The van der Waals surface area contributed by atoms with E-state index in [9.17, 15) is 4.39 Å². The Morgan fingerprint density at radius 1 is 1.36 bits per heavy atom. The van der Waals surface area contributed by atoms with Crippen molar-refractivity contribution in [2.75, 3.05) is 0 Å². The normalized spacial score (nSPS) is 18.7. The second-order valence-corrected chi connectivity index (χ2v) is 4.16. The van der Waals surface area contributed by atoms with Crippen LogP contribution in [0.2, 0.25) is 0 Å². The molecule has 0 atom stereocenters. The standard InChI is InChI=1S/C10H10FN3/c1-10(4-5-10)9-13-12-8-3-2-7(11)6-14(8)9/h2-3,6H,4-5H2,1H3. The van der Waals surface area contributed by atoms with Crippen molar-refractivity contribution in [3.05, 3.63) is 30.0 Å². The van der Waals surface area contributed by atoms with Crippen LogP contribution in [0, 0.1) is 5.82 Å². The number of halogens is 1. The monoisotopic (exact) mass is 191 g/mol. The summed E-state index contributed by atoms with van der Waals surface area (Å²) in [5.74, 6) is 0.634. The van der Waals surface area contributed by atoms with Crippen LogP contribution in [0.1, 0.15) is 25.6 Å². The Morgan fingerprint density at radius 2 is 2.14 bits per heavy atom. The SMILES string of the molecule is CC1(c2nnc3ccc(F)cn23)CC1. The van der Waals surface area contributed by atoms with Crippen molar-refractivity contribution in [2.45, 2.75) is 25.2 Å². The number of hydrogen-bond acceptors (Lipinski definition) is 2. The summed E-state index contributed by atoms with van der Waals surface area (Å²) in [5.41, 5.74) is 0.835. The molecule has 1 aliphatic carbocycles. The molecular formula is C10H10FN3. The van der Waals surface area contributed by atoms with Gasteiger partial charge in [0.2, 0.25) is 0 Å². The first-order chi connectivity index (χ1) is 6.69. The molecule has 0 aromatic carbocycles. The smallest absolute Gasteiger partial charge is 0.160 e. The van der Waals surface area contributed by atoms with Gasteiger partial charge in [0.05, 0.1) is 0 Å². The fourth-order valence-electron chi connectivity index (χ4n) is 1.69. The molecule has 4 heteroatoms. The molecule has 1 fully saturated rings. The van der Waals surface area contributed by atoms with Crippen LogP contribution in [0.3, 0.4) is 0 Å². The summed E-state index contributed by atoms with van der Waals surface area (Å²) < 4.78 is 14.8. The Labute approximate surface area is 80.6 Å². The number of rotatable bonds is 1. The van der Waals surface area contributed by atoms with Gasteiger partial charge < -0.3 is 0 Å². The molecule has 3 nitrogen and oxygen atoms in total. The van der Waals surface area contributed by atoms with Crippen LogP contribution < -0.4 is 0 Å². The van der Waals surface area contributed by atoms with Gasteiger partial charge in [-0.1, -0.05) is 6.92 Å². The Kier molecular flexibility index (Phi) is 1.31. The van der Waals surface area contributed by atoms with Gasteiger partial charge in [0.15, 0.2) is 5.65 Å². The van der Waals surface area contributed by atoms with E-state index in [1.165, 1.54) is 12.3 Å². The predicted octanol–water partition coefficient (Wildman–Crippen LogP) is 1.92. The summed E-state index contributed by atoms with van der Waals surface area (Å²) in [5, 5.41) is 8.13.